The summed E-state index contributed by atoms with van der Waals surface area (Å²) < 4.78 is 0. The molecule has 2 rings (SSSR count). The first-order valence-electron chi connectivity index (χ1n) is 4.65. The van der Waals surface area contributed by atoms with E-state index in [4.69, 9.17) is 0 Å². The Morgan fingerprint density at radius 1 is 1.07 bits per heavy atom. The minimum absolute atomic E-state index is 0. The molecular formula is C13H11OZr-. The molecule has 15 heavy (non-hydrogen) atoms. The number of ketones is 1. The van der Waals surface area contributed by atoms with Crippen molar-refractivity contribution in [2.45, 2.75) is 0 Å². The van der Waals surface area contributed by atoms with Gasteiger partial charge in [-0.25, -0.2) is 0 Å². The van der Waals surface area contributed by atoms with E-state index in [2.05, 4.69) is 0 Å². The van der Waals surface area contributed by atoms with E-state index in [-0.39, 0.29) is 37.9 Å². The Bertz CT molecular complexity index is 379. The second-order valence-electron chi connectivity index (χ2n) is 3.25. The third-order valence-corrected chi connectivity index (χ3v) is 2.19. The molecule has 0 aromatic heterocycles. The van der Waals surface area contributed by atoms with E-state index in [1.165, 1.54) is 0 Å². The molecular weight excluding hydrogens is 263 g/mol. The third-order valence-electron chi connectivity index (χ3n) is 2.19. The number of benzene rings is 1. The Hall–Kier alpha value is -0.877. The molecule has 1 unspecified atom stereocenters. The van der Waals surface area contributed by atoms with Gasteiger partial charge >= 0.3 is 0 Å². The van der Waals surface area contributed by atoms with Gasteiger partial charge in [-0.15, -0.1) is 12.1 Å². The van der Waals surface area contributed by atoms with Crippen LogP contribution < -0.4 is 0 Å². The van der Waals surface area contributed by atoms with Crippen LogP contribution in [-0.2, 0) is 31.0 Å². The van der Waals surface area contributed by atoms with Crippen LogP contribution >= 0.6 is 0 Å². The number of rotatable bonds is 2. The second-order valence-corrected chi connectivity index (χ2v) is 3.25. The van der Waals surface area contributed by atoms with Gasteiger partial charge in [0.25, 0.3) is 0 Å². The van der Waals surface area contributed by atoms with Crippen LogP contribution in [0.25, 0.3) is 0 Å². The Labute approximate surface area is 109 Å². The molecule has 0 spiro atoms. The molecule has 1 aliphatic rings. The first-order chi connectivity index (χ1) is 6.86. The van der Waals surface area contributed by atoms with Gasteiger partial charge in [0.2, 0.25) is 0 Å². The predicted molar refractivity (Wildman–Crippen MR) is 56.6 cm³/mol. The van der Waals surface area contributed by atoms with Crippen LogP contribution in [0.4, 0.5) is 0 Å². The van der Waals surface area contributed by atoms with E-state index in [0.29, 0.717) is 0 Å². The van der Waals surface area contributed by atoms with Crippen LogP contribution in [0.5, 0.6) is 0 Å². The quantitative estimate of drug-likeness (QED) is 0.758. The molecule has 1 aliphatic carbocycles. The molecule has 0 bridgehead atoms. The second kappa shape index (κ2) is 5.87. The third kappa shape index (κ3) is 3.32. The Morgan fingerprint density at radius 2 is 1.80 bits per heavy atom. The average molecular weight is 274 g/mol. The standard InChI is InChI=1S/C13H11O.Zr/c14-13-9-5-4-8-12(13)10-11-6-2-1-3-7-11;/h1-10,12H;/q-1;. The smallest absolute Gasteiger partial charge is 0.154 e. The molecule has 0 aliphatic heterocycles. The minimum Gasteiger partial charge on any atom is -0.295 e. The molecule has 74 valence electrons. The van der Waals surface area contributed by atoms with Gasteiger partial charge in [-0.2, -0.15) is 24.1 Å². The zero-order chi connectivity index (χ0) is 9.80. The van der Waals surface area contributed by atoms with Crippen LogP contribution in [0.3, 0.4) is 0 Å². The molecule has 1 aromatic carbocycles. The summed E-state index contributed by atoms with van der Waals surface area (Å²) >= 11 is 0. The molecule has 1 nitrogen and oxygen atoms in total. The van der Waals surface area contributed by atoms with Crippen molar-refractivity contribution in [2.75, 3.05) is 0 Å². The molecule has 1 aromatic rings. The summed E-state index contributed by atoms with van der Waals surface area (Å²) in [6, 6.07) is 9.91. The molecule has 1 atom stereocenters. The van der Waals surface area contributed by atoms with E-state index in [1.807, 2.05) is 48.9 Å². The monoisotopic (exact) mass is 273 g/mol. The topological polar surface area (TPSA) is 17.1 Å². The SMILES string of the molecule is O=C1C=CC=CC1[CH-]c1ccccc1.[Zr]. The van der Waals surface area contributed by atoms with Gasteiger partial charge in [0.05, 0.1) is 0 Å². The largest absolute Gasteiger partial charge is 0.295 e. The van der Waals surface area contributed by atoms with Crippen LogP contribution in [0.1, 0.15) is 5.56 Å². The Kier molecular flexibility index (Phi) is 4.77. The van der Waals surface area contributed by atoms with Gasteiger partial charge in [0, 0.05) is 32.1 Å². The summed E-state index contributed by atoms with van der Waals surface area (Å²) in [5, 5.41) is 0. The first-order valence-corrected chi connectivity index (χ1v) is 4.65. The van der Waals surface area contributed by atoms with Crippen molar-refractivity contribution < 1.29 is 31.0 Å². The number of carbonyl (C=O) groups is 1. The molecule has 0 amide bonds. The molecule has 0 heterocycles. The summed E-state index contributed by atoms with van der Waals surface area (Å²) in [6.07, 6.45) is 9.19. The van der Waals surface area contributed by atoms with Gasteiger partial charge < -0.3 is 0 Å². The predicted octanol–water partition coefficient (Wildman–Crippen LogP) is 2.55. The van der Waals surface area contributed by atoms with Crippen molar-refractivity contribution in [1.82, 2.24) is 0 Å². The molecule has 2 heteroatoms. The van der Waals surface area contributed by atoms with Crippen molar-refractivity contribution in [3.63, 3.8) is 0 Å². The van der Waals surface area contributed by atoms with E-state index < -0.39 is 0 Å². The maximum atomic E-state index is 11.4. The van der Waals surface area contributed by atoms with Gasteiger partial charge in [0.1, 0.15) is 0 Å². The number of hydrogen-bond acceptors (Lipinski definition) is 1. The Balaban J connectivity index is 0.00000112. The summed E-state index contributed by atoms with van der Waals surface area (Å²) in [4.78, 5) is 11.4. The number of allylic oxidation sites excluding steroid dienone is 4. The fraction of sp³-hybridized carbons (Fsp3) is 0.0769. The van der Waals surface area contributed by atoms with Gasteiger partial charge in [-0.3, -0.25) is 4.79 Å². The summed E-state index contributed by atoms with van der Waals surface area (Å²) in [7, 11) is 0. The molecule has 0 saturated heterocycles. The molecule has 0 fully saturated rings. The summed E-state index contributed by atoms with van der Waals surface area (Å²) in [6.45, 7) is 0. The molecule has 0 N–H and O–H groups in total. The Morgan fingerprint density at radius 3 is 2.47 bits per heavy atom. The van der Waals surface area contributed by atoms with Gasteiger partial charge in [0.15, 0.2) is 5.78 Å². The van der Waals surface area contributed by atoms with Crippen molar-refractivity contribution in [3.8, 4) is 0 Å². The molecule has 0 radical (unpaired) electrons. The number of hydrogen-bond donors (Lipinski definition) is 0. The first kappa shape index (κ1) is 12.2. The van der Waals surface area contributed by atoms with Crippen molar-refractivity contribution in [1.29, 1.82) is 0 Å². The van der Waals surface area contributed by atoms with Gasteiger partial charge in [-0.05, 0) is 6.08 Å². The van der Waals surface area contributed by atoms with Crippen LogP contribution in [0.2, 0.25) is 0 Å². The van der Waals surface area contributed by atoms with Crippen molar-refractivity contribution in [2.24, 2.45) is 5.92 Å². The summed E-state index contributed by atoms with van der Waals surface area (Å²) in [5.74, 6) is 0.0544. The zero-order valence-electron chi connectivity index (χ0n) is 8.26. The van der Waals surface area contributed by atoms with E-state index in [9.17, 15) is 4.79 Å². The maximum absolute atomic E-state index is 11.4. The van der Waals surface area contributed by atoms with Crippen molar-refractivity contribution in [3.05, 3.63) is 66.6 Å². The average Bonchev–Trinajstić information content (AvgIpc) is 2.23. The van der Waals surface area contributed by atoms with Gasteiger partial charge in [-0.1, -0.05) is 24.3 Å². The van der Waals surface area contributed by atoms with E-state index in [1.54, 1.807) is 12.2 Å². The zero-order valence-corrected chi connectivity index (χ0v) is 10.7. The van der Waals surface area contributed by atoms with E-state index >= 15 is 0 Å². The van der Waals surface area contributed by atoms with E-state index in [0.717, 1.165) is 5.56 Å². The number of carbonyl (C=O) groups excluding carboxylic acids is 1. The van der Waals surface area contributed by atoms with Crippen LogP contribution in [-0.4, -0.2) is 5.78 Å². The normalized spacial score (nSPS) is 18.4. The minimum atomic E-state index is -0.0950. The fourth-order valence-electron chi connectivity index (χ4n) is 1.45. The summed E-state index contributed by atoms with van der Waals surface area (Å²) in [5.41, 5.74) is 1.09. The van der Waals surface area contributed by atoms with Crippen LogP contribution in [0.15, 0.2) is 54.6 Å². The van der Waals surface area contributed by atoms with Crippen LogP contribution in [0, 0.1) is 12.3 Å². The fourth-order valence-corrected chi connectivity index (χ4v) is 1.45. The van der Waals surface area contributed by atoms with Crippen molar-refractivity contribution >= 4 is 5.78 Å². The maximum Gasteiger partial charge on any atom is 0.154 e. The molecule has 0 saturated carbocycles.